The van der Waals surface area contributed by atoms with Crippen LogP contribution in [0, 0.1) is 13.8 Å². The largest absolute Gasteiger partial charge is 0.309 e. The Balaban J connectivity index is 1.71. The van der Waals surface area contributed by atoms with E-state index in [-0.39, 0.29) is 5.56 Å². The van der Waals surface area contributed by atoms with Crippen LogP contribution in [0.4, 0.5) is 0 Å². The molecule has 168 valence electrons. The Hall–Kier alpha value is -2.03. The first-order chi connectivity index (χ1) is 14.7. The number of hydrogen-bond donors (Lipinski definition) is 1. The average Bonchev–Trinajstić information content (AvgIpc) is 2.75. The molecule has 2 aliphatic heterocycles. The van der Waals surface area contributed by atoms with Crippen LogP contribution in [-0.4, -0.2) is 46.7 Å². The Morgan fingerprint density at radius 2 is 1.90 bits per heavy atom. The molecule has 2 aliphatic rings. The zero-order valence-electron chi connectivity index (χ0n) is 18.8. The fourth-order valence-corrected chi connectivity index (χ4v) is 6.29. The second-order valence-electron chi connectivity index (χ2n) is 9.06. The van der Waals surface area contributed by atoms with Crippen molar-refractivity contribution in [2.45, 2.75) is 76.9 Å². The lowest BCUT2D eigenvalue weighted by Crippen LogP contribution is -2.42. The molecule has 0 aliphatic carbocycles. The first kappa shape index (κ1) is 22.2. The maximum Gasteiger partial charge on any atom is 0.255 e. The molecule has 1 saturated heterocycles. The maximum absolute atomic E-state index is 13.5. The number of sulfonamides is 1. The SMILES string of the molecule is Cc1ccc(S(=O)(=O)N2CCCC[C@@H]2c2nc3c(c(=O)[nH]2)CN(C(C)C)CC3)cc1C. The highest BCUT2D eigenvalue weighted by Crippen LogP contribution is 2.34. The second-order valence-corrected chi connectivity index (χ2v) is 11.0. The van der Waals surface area contributed by atoms with Gasteiger partial charge in [-0.2, -0.15) is 4.31 Å². The van der Waals surface area contributed by atoms with Gasteiger partial charge in [0.1, 0.15) is 5.82 Å². The molecule has 3 heterocycles. The molecule has 0 unspecified atom stereocenters. The van der Waals surface area contributed by atoms with E-state index in [9.17, 15) is 13.2 Å². The third-order valence-electron chi connectivity index (χ3n) is 6.70. The molecule has 0 amide bonds. The van der Waals surface area contributed by atoms with Crippen LogP contribution in [0.2, 0.25) is 0 Å². The van der Waals surface area contributed by atoms with E-state index in [1.54, 1.807) is 12.1 Å². The smallest absolute Gasteiger partial charge is 0.255 e. The molecular formula is C23H32N4O3S. The fourth-order valence-electron chi connectivity index (χ4n) is 4.54. The van der Waals surface area contributed by atoms with E-state index in [0.29, 0.717) is 48.3 Å². The summed E-state index contributed by atoms with van der Waals surface area (Å²) in [5.74, 6) is 0.480. The van der Waals surface area contributed by atoms with Gasteiger partial charge in [-0.1, -0.05) is 12.5 Å². The minimum Gasteiger partial charge on any atom is -0.309 e. The number of hydrogen-bond acceptors (Lipinski definition) is 5. The van der Waals surface area contributed by atoms with Gasteiger partial charge in [0.15, 0.2) is 0 Å². The van der Waals surface area contributed by atoms with Crippen molar-refractivity contribution in [3.8, 4) is 0 Å². The van der Waals surface area contributed by atoms with Gasteiger partial charge in [-0.05, 0) is 63.8 Å². The van der Waals surface area contributed by atoms with Crippen molar-refractivity contribution in [3.63, 3.8) is 0 Å². The Bertz CT molecular complexity index is 1140. The minimum absolute atomic E-state index is 0.139. The summed E-state index contributed by atoms with van der Waals surface area (Å²) in [5.41, 5.74) is 3.39. The van der Waals surface area contributed by atoms with Crippen LogP contribution in [0.25, 0.3) is 0 Å². The molecule has 31 heavy (non-hydrogen) atoms. The number of rotatable bonds is 4. The van der Waals surface area contributed by atoms with Gasteiger partial charge in [0.05, 0.1) is 22.2 Å². The van der Waals surface area contributed by atoms with Gasteiger partial charge < -0.3 is 4.98 Å². The number of fused-ring (bicyclic) bond motifs is 1. The van der Waals surface area contributed by atoms with Gasteiger partial charge in [0.25, 0.3) is 5.56 Å². The molecule has 0 bridgehead atoms. The summed E-state index contributed by atoms with van der Waals surface area (Å²) in [5, 5.41) is 0. The van der Waals surface area contributed by atoms with Crippen molar-refractivity contribution in [1.82, 2.24) is 19.2 Å². The molecule has 1 aromatic carbocycles. The summed E-state index contributed by atoms with van der Waals surface area (Å²) < 4.78 is 28.6. The van der Waals surface area contributed by atoms with Crippen LogP contribution in [0.5, 0.6) is 0 Å². The first-order valence-corrected chi connectivity index (χ1v) is 12.6. The van der Waals surface area contributed by atoms with Gasteiger partial charge in [-0.3, -0.25) is 9.69 Å². The molecule has 4 rings (SSSR count). The molecule has 0 saturated carbocycles. The number of aromatic nitrogens is 2. The standard InChI is InChI=1S/C23H32N4O3S/c1-15(2)26-12-10-20-19(14-26)23(28)25-22(24-20)21-7-5-6-11-27(21)31(29,30)18-9-8-16(3)17(4)13-18/h8-9,13,15,21H,5-7,10-12,14H2,1-4H3,(H,24,25,28)/t21-/m1/s1. The Morgan fingerprint density at radius 3 is 2.61 bits per heavy atom. The molecule has 0 spiro atoms. The summed E-state index contributed by atoms with van der Waals surface area (Å²) >= 11 is 0. The van der Waals surface area contributed by atoms with E-state index >= 15 is 0 Å². The molecule has 8 heteroatoms. The van der Waals surface area contributed by atoms with E-state index in [4.69, 9.17) is 4.98 Å². The number of aromatic amines is 1. The van der Waals surface area contributed by atoms with Crippen LogP contribution in [0.3, 0.4) is 0 Å². The Morgan fingerprint density at radius 1 is 1.13 bits per heavy atom. The highest BCUT2D eigenvalue weighted by atomic mass is 32.2. The van der Waals surface area contributed by atoms with Crippen LogP contribution in [-0.2, 0) is 23.0 Å². The normalized spacial score (nSPS) is 20.7. The number of H-pyrrole nitrogens is 1. The maximum atomic E-state index is 13.5. The molecular weight excluding hydrogens is 412 g/mol. The lowest BCUT2D eigenvalue weighted by Gasteiger charge is -2.35. The Labute approximate surface area is 184 Å². The van der Waals surface area contributed by atoms with E-state index in [0.717, 1.165) is 36.2 Å². The quantitative estimate of drug-likeness (QED) is 0.783. The first-order valence-electron chi connectivity index (χ1n) is 11.1. The summed E-state index contributed by atoms with van der Waals surface area (Å²) in [6, 6.07) is 5.18. The van der Waals surface area contributed by atoms with Gasteiger partial charge in [0.2, 0.25) is 10.0 Å². The van der Waals surface area contributed by atoms with Crippen molar-refractivity contribution in [2.24, 2.45) is 0 Å². The lowest BCUT2D eigenvalue weighted by atomic mass is 10.0. The molecule has 1 aromatic heterocycles. The monoisotopic (exact) mass is 444 g/mol. The molecule has 0 radical (unpaired) electrons. The van der Waals surface area contributed by atoms with Crippen molar-refractivity contribution in [3.05, 3.63) is 56.8 Å². The van der Waals surface area contributed by atoms with Crippen molar-refractivity contribution in [2.75, 3.05) is 13.1 Å². The average molecular weight is 445 g/mol. The topological polar surface area (TPSA) is 86.4 Å². The summed E-state index contributed by atoms with van der Waals surface area (Å²) in [6.07, 6.45) is 3.08. The van der Waals surface area contributed by atoms with E-state index in [2.05, 4.69) is 23.7 Å². The van der Waals surface area contributed by atoms with Gasteiger partial charge in [-0.15, -0.1) is 0 Å². The van der Waals surface area contributed by atoms with Crippen molar-refractivity contribution < 1.29 is 8.42 Å². The van der Waals surface area contributed by atoms with Crippen LogP contribution < -0.4 is 5.56 Å². The van der Waals surface area contributed by atoms with Gasteiger partial charge >= 0.3 is 0 Å². The summed E-state index contributed by atoms with van der Waals surface area (Å²) in [4.78, 5) is 23.2. The number of piperidine rings is 1. The zero-order valence-corrected chi connectivity index (χ0v) is 19.6. The van der Waals surface area contributed by atoms with Crippen molar-refractivity contribution >= 4 is 10.0 Å². The lowest BCUT2D eigenvalue weighted by molar-refractivity contribution is 0.198. The molecule has 7 nitrogen and oxygen atoms in total. The minimum atomic E-state index is -3.69. The predicted octanol–water partition coefficient (Wildman–Crippen LogP) is 3.07. The van der Waals surface area contributed by atoms with Crippen LogP contribution in [0.15, 0.2) is 27.9 Å². The van der Waals surface area contributed by atoms with Crippen LogP contribution >= 0.6 is 0 Å². The fraction of sp³-hybridized carbons (Fsp3) is 0.565. The highest BCUT2D eigenvalue weighted by Gasteiger charge is 2.36. The summed E-state index contributed by atoms with van der Waals surface area (Å²) in [6.45, 7) is 10.0. The molecule has 1 N–H and O–H groups in total. The van der Waals surface area contributed by atoms with Crippen LogP contribution in [0.1, 0.15) is 67.4 Å². The number of benzene rings is 1. The number of aryl methyl sites for hydroxylation is 2. The highest BCUT2D eigenvalue weighted by molar-refractivity contribution is 7.89. The number of nitrogens with zero attached hydrogens (tertiary/aromatic N) is 3. The van der Waals surface area contributed by atoms with Gasteiger partial charge in [0, 0.05) is 32.1 Å². The Kier molecular flexibility index (Phi) is 6.07. The van der Waals surface area contributed by atoms with E-state index < -0.39 is 16.1 Å². The van der Waals surface area contributed by atoms with Gasteiger partial charge in [-0.25, -0.2) is 13.4 Å². The third kappa shape index (κ3) is 4.21. The summed E-state index contributed by atoms with van der Waals surface area (Å²) in [7, 11) is -3.69. The molecule has 2 aromatic rings. The molecule has 1 atom stereocenters. The predicted molar refractivity (Wildman–Crippen MR) is 121 cm³/mol. The third-order valence-corrected chi connectivity index (χ3v) is 8.61. The van der Waals surface area contributed by atoms with E-state index in [1.807, 2.05) is 19.9 Å². The molecule has 1 fully saturated rings. The number of nitrogens with one attached hydrogen (secondary N) is 1. The second kappa shape index (κ2) is 8.48. The zero-order chi connectivity index (χ0) is 22.3. The van der Waals surface area contributed by atoms with Crippen molar-refractivity contribution in [1.29, 1.82) is 0 Å². The van der Waals surface area contributed by atoms with E-state index in [1.165, 1.54) is 4.31 Å².